The number of ether oxygens (including phenoxy) is 5. The maximum Gasteiger partial charge on any atom is 0.410 e. The van der Waals surface area contributed by atoms with Gasteiger partial charge in [0.05, 0.1) is 32.0 Å². The third kappa shape index (κ3) is 9.55. The predicted octanol–water partition coefficient (Wildman–Crippen LogP) is 6.95. The zero-order chi connectivity index (χ0) is 40.5. The van der Waals surface area contributed by atoms with Crippen LogP contribution in [0.25, 0.3) is 0 Å². The van der Waals surface area contributed by atoms with E-state index < -0.39 is 30.1 Å². The first-order valence-electron chi connectivity index (χ1n) is 21.2. The standard InChI is InChI=1S/C45H60FN3O9/c1-3-24-56-45-40(49(44(52)53-2)30-31-13-15-33(46)16-14-31)29-38(47-58-41-12-6-9-25-55-41)36-27-32(10-4-7-22-50)35(11-5-8-23-51)42(43(36)45)37-28-34(17-18-39(37)57-45)54-26-21-48-19-20-48/h3,13-18,27-28,32,35,40-43,50-51H,1,4-12,19-26,29-30H2,2H3. The zero-order valence-electron chi connectivity index (χ0n) is 33.8. The van der Waals surface area contributed by atoms with Gasteiger partial charge in [0, 0.05) is 63.7 Å². The Bertz CT molecular complexity index is 1750. The molecule has 3 fully saturated rings. The van der Waals surface area contributed by atoms with Crippen LogP contribution in [-0.4, -0.2) is 110 Å². The van der Waals surface area contributed by atoms with Crippen molar-refractivity contribution < 1.29 is 47.9 Å². The van der Waals surface area contributed by atoms with Crippen LogP contribution in [-0.2, 0) is 25.6 Å². The smallest absolute Gasteiger partial charge is 0.410 e. The molecular weight excluding hydrogens is 746 g/mol. The van der Waals surface area contributed by atoms with Gasteiger partial charge in [-0.1, -0.05) is 42.3 Å². The lowest BCUT2D eigenvalue weighted by atomic mass is 9.55. The number of oxime groups is 1. The van der Waals surface area contributed by atoms with Crippen LogP contribution in [0.15, 0.2) is 71.9 Å². The maximum atomic E-state index is 14.2. The molecule has 2 aliphatic carbocycles. The minimum atomic E-state index is -1.46. The fraction of sp³-hybridized carbons (Fsp3) is 0.600. The first-order valence-corrected chi connectivity index (χ1v) is 21.2. The predicted molar refractivity (Wildman–Crippen MR) is 216 cm³/mol. The summed E-state index contributed by atoms with van der Waals surface area (Å²) in [7, 11) is 1.35. The van der Waals surface area contributed by atoms with E-state index in [-0.39, 0.29) is 56.4 Å². The molecule has 1 saturated carbocycles. The van der Waals surface area contributed by atoms with Crippen molar-refractivity contribution in [3.05, 3.63) is 83.7 Å². The Hall–Kier alpha value is -4.01. The summed E-state index contributed by atoms with van der Waals surface area (Å²) >= 11 is 0. The van der Waals surface area contributed by atoms with Gasteiger partial charge in [0.15, 0.2) is 0 Å². The molecule has 7 unspecified atom stereocenters. The molecule has 1 amide bonds. The Balaban J connectivity index is 1.42. The molecule has 3 heterocycles. The average molecular weight is 806 g/mol. The number of hydrogen-bond acceptors (Lipinski definition) is 11. The van der Waals surface area contributed by atoms with Gasteiger partial charge >= 0.3 is 6.09 Å². The highest BCUT2D eigenvalue weighted by atomic mass is 19.1. The number of carbonyl (C=O) groups excluding carboxylic acids is 1. The molecule has 2 saturated heterocycles. The van der Waals surface area contributed by atoms with Crippen LogP contribution >= 0.6 is 0 Å². The van der Waals surface area contributed by atoms with E-state index in [0.717, 1.165) is 75.0 Å². The third-order valence-corrected chi connectivity index (χ3v) is 12.3. The molecule has 0 spiro atoms. The number of halogens is 1. The molecule has 316 valence electrons. The van der Waals surface area contributed by atoms with E-state index in [4.69, 9.17) is 33.7 Å². The monoisotopic (exact) mass is 805 g/mol. The first kappa shape index (κ1) is 42.1. The van der Waals surface area contributed by atoms with E-state index in [1.165, 1.54) is 19.2 Å². The summed E-state index contributed by atoms with van der Waals surface area (Å²) in [5.74, 6) is -1.00. The van der Waals surface area contributed by atoms with Crippen molar-refractivity contribution in [2.75, 3.05) is 59.8 Å². The van der Waals surface area contributed by atoms with Crippen LogP contribution in [0.2, 0.25) is 0 Å². The SMILES string of the molecule is C=CCOC12Oc3ccc(OCCN4CC4)cc3C3C(CCCCO)C(CCCCO)C=C(C(=NOC4CCCCO4)CC1N(Cc1ccc(F)cc1)C(=O)OC)C32. The minimum Gasteiger partial charge on any atom is -0.492 e. The van der Waals surface area contributed by atoms with Gasteiger partial charge in [0.2, 0.25) is 12.1 Å². The molecule has 0 bridgehead atoms. The lowest BCUT2D eigenvalue weighted by Gasteiger charge is -2.59. The number of fused-ring (bicyclic) bond motifs is 2. The van der Waals surface area contributed by atoms with Gasteiger partial charge in [-0.25, -0.2) is 9.18 Å². The van der Waals surface area contributed by atoms with E-state index >= 15 is 0 Å². The molecular formula is C45H60FN3O9. The Kier molecular flexibility index (Phi) is 14.4. The van der Waals surface area contributed by atoms with Crippen LogP contribution in [0.5, 0.6) is 11.5 Å². The summed E-state index contributed by atoms with van der Waals surface area (Å²) in [6.45, 7) is 8.60. The summed E-state index contributed by atoms with van der Waals surface area (Å²) in [5.41, 5.74) is 3.28. The first-order chi connectivity index (χ1) is 28.4. The molecule has 12 nitrogen and oxygen atoms in total. The van der Waals surface area contributed by atoms with Crippen LogP contribution in [0, 0.1) is 23.6 Å². The largest absolute Gasteiger partial charge is 0.492 e. The molecule has 5 aliphatic rings. The number of hydrogen-bond donors (Lipinski definition) is 2. The van der Waals surface area contributed by atoms with Crippen LogP contribution in [0.1, 0.15) is 81.3 Å². The van der Waals surface area contributed by atoms with Gasteiger partial charge in [0.25, 0.3) is 0 Å². The average Bonchev–Trinajstić information content (AvgIpc) is 4.08. The van der Waals surface area contributed by atoms with Crippen molar-refractivity contribution in [3.63, 3.8) is 0 Å². The van der Waals surface area contributed by atoms with Gasteiger partial charge in [-0.3, -0.25) is 9.80 Å². The Morgan fingerprint density at radius 2 is 1.88 bits per heavy atom. The second-order valence-electron chi connectivity index (χ2n) is 16.1. The summed E-state index contributed by atoms with van der Waals surface area (Å²) in [6, 6.07) is 11.3. The second-order valence-corrected chi connectivity index (χ2v) is 16.1. The normalized spacial score (nSPS) is 28.1. The van der Waals surface area contributed by atoms with Crippen molar-refractivity contribution >= 4 is 11.8 Å². The van der Waals surface area contributed by atoms with Crippen molar-refractivity contribution in [1.82, 2.24) is 9.80 Å². The van der Waals surface area contributed by atoms with E-state index in [1.807, 2.05) is 12.1 Å². The second kappa shape index (κ2) is 19.8. The Morgan fingerprint density at radius 1 is 1.09 bits per heavy atom. The number of aliphatic hydroxyl groups is 2. The van der Waals surface area contributed by atoms with Gasteiger partial charge in [-0.2, -0.15) is 0 Å². The molecule has 3 aliphatic heterocycles. The molecule has 7 rings (SSSR count). The minimum absolute atomic E-state index is 0.0624. The van der Waals surface area contributed by atoms with E-state index in [9.17, 15) is 19.4 Å². The van der Waals surface area contributed by atoms with Crippen molar-refractivity contribution in [3.8, 4) is 11.5 Å². The maximum absolute atomic E-state index is 14.2. The fourth-order valence-electron chi connectivity index (χ4n) is 9.45. The van der Waals surface area contributed by atoms with Crippen LogP contribution < -0.4 is 9.47 Å². The van der Waals surface area contributed by atoms with E-state index in [2.05, 4.69) is 23.6 Å². The zero-order valence-corrected chi connectivity index (χ0v) is 33.8. The van der Waals surface area contributed by atoms with Gasteiger partial charge in [-0.05, 0) is 91.8 Å². The van der Waals surface area contributed by atoms with E-state index in [0.29, 0.717) is 49.5 Å². The Morgan fingerprint density at radius 3 is 2.59 bits per heavy atom. The fourth-order valence-corrected chi connectivity index (χ4v) is 9.45. The molecule has 0 aromatic heterocycles. The lowest BCUT2D eigenvalue weighted by Crippen LogP contribution is -2.70. The van der Waals surface area contributed by atoms with Crippen LogP contribution in [0.3, 0.4) is 0 Å². The number of amides is 1. The molecule has 0 radical (unpaired) electrons. The Labute approximate surface area is 341 Å². The number of carbonyl (C=O) groups is 1. The number of allylic oxidation sites excluding steroid dienone is 1. The van der Waals surface area contributed by atoms with E-state index in [1.54, 1.807) is 23.1 Å². The molecule has 2 N–H and O–H groups in total. The molecule has 13 heteroatoms. The summed E-state index contributed by atoms with van der Waals surface area (Å²) < 4.78 is 46.3. The molecule has 2 aromatic carbocycles. The third-order valence-electron chi connectivity index (χ3n) is 12.3. The topological polar surface area (TPSA) is 132 Å². The number of nitrogens with zero attached hydrogens (tertiary/aromatic N) is 3. The number of unbranched alkanes of at least 4 members (excludes halogenated alkanes) is 2. The van der Waals surface area contributed by atoms with Gasteiger partial charge < -0.3 is 38.7 Å². The number of rotatable bonds is 20. The molecule has 2 aromatic rings. The summed E-state index contributed by atoms with van der Waals surface area (Å²) in [4.78, 5) is 24.3. The quantitative estimate of drug-likeness (QED) is 0.0628. The van der Waals surface area contributed by atoms with Gasteiger partial charge in [0.1, 0.15) is 30.0 Å². The van der Waals surface area contributed by atoms with Crippen molar-refractivity contribution in [2.45, 2.75) is 94.8 Å². The highest BCUT2D eigenvalue weighted by Crippen LogP contribution is 2.62. The number of methoxy groups -OCH3 is 1. The number of aliphatic hydroxyl groups excluding tert-OH is 2. The highest BCUT2D eigenvalue weighted by Gasteiger charge is 2.65. The summed E-state index contributed by atoms with van der Waals surface area (Å²) in [6.07, 6.45) is 10.4. The summed E-state index contributed by atoms with van der Waals surface area (Å²) in [5, 5.41) is 24.7. The van der Waals surface area contributed by atoms with Crippen molar-refractivity contribution in [1.29, 1.82) is 0 Å². The highest BCUT2D eigenvalue weighted by molar-refractivity contribution is 6.03. The lowest BCUT2D eigenvalue weighted by molar-refractivity contribution is -0.256. The molecule has 58 heavy (non-hydrogen) atoms. The molecule has 7 atom stereocenters. The number of benzene rings is 2. The van der Waals surface area contributed by atoms with Crippen molar-refractivity contribution in [2.24, 2.45) is 22.9 Å². The van der Waals surface area contributed by atoms with Crippen LogP contribution in [0.4, 0.5) is 9.18 Å². The van der Waals surface area contributed by atoms with Gasteiger partial charge in [-0.15, -0.1) is 6.58 Å².